The lowest BCUT2D eigenvalue weighted by Gasteiger charge is -2.21. The minimum absolute atomic E-state index is 0.249. The minimum Gasteiger partial charge on any atom is -0.376 e. The summed E-state index contributed by atoms with van der Waals surface area (Å²) in [5.74, 6) is 7.87. The lowest BCUT2D eigenvalue weighted by molar-refractivity contribution is 0.00370. The summed E-state index contributed by atoms with van der Waals surface area (Å²) in [4.78, 5) is 4.65. The Morgan fingerprint density at radius 3 is 2.92 bits per heavy atom. The van der Waals surface area contributed by atoms with Gasteiger partial charge < -0.3 is 9.30 Å². The highest BCUT2D eigenvalue weighted by atomic mass is 16.5. The zero-order valence-corrected chi connectivity index (χ0v) is 14.1. The van der Waals surface area contributed by atoms with Gasteiger partial charge in [0, 0.05) is 25.3 Å². The van der Waals surface area contributed by atoms with Crippen LogP contribution in [0.3, 0.4) is 0 Å². The average molecular weight is 325 g/mol. The van der Waals surface area contributed by atoms with Crippen LogP contribution in [0, 0.1) is 17.8 Å². The van der Waals surface area contributed by atoms with Gasteiger partial charge in [-0.1, -0.05) is 11.1 Å². The van der Waals surface area contributed by atoms with Crippen molar-refractivity contribution in [1.29, 1.82) is 0 Å². The summed E-state index contributed by atoms with van der Waals surface area (Å²) in [5, 5.41) is 8.56. The number of hydrogen-bond acceptors (Lipinski definition) is 4. The Labute approximate surface area is 142 Å². The molecule has 1 aliphatic carbocycles. The molecule has 0 amide bonds. The van der Waals surface area contributed by atoms with E-state index in [-0.39, 0.29) is 6.10 Å². The molecule has 2 fully saturated rings. The Bertz CT molecular complexity index is 756. The van der Waals surface area contributed by atoms with Crippen molar-refractivity contribution in [3.05, 3.63) is 18.1 Å². The molecule has 1 atom stereocenters. The van der Waals surface area contributed by atoms with Crippen molar-refractivity contribution in [2.24, 2.45) is 5.92 Å². The molecule has 24 heavy (non-hydrogen) atoms. The van der Waals surface area contributed by atoms with Gasteiger partial charge in [0.25, 0.3) is 0 Å². The first-order chi connectivity index (χ1) is 11.8. The number of aryl methyl sites for hydroxylation is 1. The highest BCUT2D eigenvalue weighted by molar-refractivity contribution is 5.50. The van der Waals surface area contributed by atoms with Crippen LogP contribution in [0.5, 0.6) is 0 Å². The van der Waals surface area contributed by atoms with E-state index >= 15 is 0 Å². The van der Waals surface area contributed by atoms with Gasteiger partial charge in [0.1, 0.15) is 11.4 Å². The normalized spacial score (nSPS) is 20.6. The van der Waals surface area contributed by atoms with Crippen molar-refractivity contribution in [2.75, 3.05) is 6.61 Å². The number of imidazole rings is 1. The van der Waals surface area contributed by atoms with Gasteiger partial charge >= 0.3 is 0 Å². The Hall–Kier alpha value is -2.13. The maximum Gasteiger partial charge on any atom is 0.163 e. The maximum absolute atomic E-state index is 5.78. The summed E-state index contributed by atoms with van der Waals surface area (Å²) in [6.45, 7) is 4.55. The van der Waals surface area contributed by atoms with Crippen LogP contribution >= 0.6 is 0 Å². The average Bonchev–Trinajstić information content (AvgIpc) is 3.17. The molecule has 1 unspecified atom stereocenters. The van der Waals surface area contributed by atoms with Crippen molar-refractivity contribution in [3.63, 3.8) is 0 Å². The number of hydrogen-bond donors (Lipinski definition) is 0. The fourth-order valence-corrected chi connectivity index (χ4v) is 2.98. The smallest absolute Gasteiger partial charge is 0.163 e. The van der Waals surface area contributed by atoms with Crippen LogP contribution in [0.25, 0.3) is 11.5 Å². The first-order valence-corrected chi connectivity index (χ1v) is 8.92. The van der Waals surface area contributed by atoms with E-state index in [1.165, 1.54) is 19.3 Å². The molecule has 126 valence electrons. The molecule has 4 rings (SSSR count). The van der Waals surface area contributed by atoms with Gasteiger partial charge in [-0.15, -0.1) is 5.10 Å². The molecular weight excluding hydrogens is 302 g/mol. The third-order valence-corrected chi connectivity index (χ3v) is 4.53. The van der Waals surface area contributed by atoms with E-state index in [9.17, 15) is 0 Å². The largest absolute Gasteiger partial charge is 0.376 e. The monoisotopic (exact) mass is 325 g/mol. The highest BCUT2D eigenvalue weighted by Gasteiger charge is 2.19. The van der Waals surface area contributed by atoms with Crippen LogP contribution < -0.4 is 0 Å². The lowest BCUT2D eigenvalue weighted by atomic mass is 10.1. The van der Waals surface area contributed by atoms with Crippen molar-refractivity contribution in [3.8, 4) is 23.4 Å². The van der Waals surface area contributed by atoms with Crippen LogP contribution in [-0.4, -0.2) is 37.3 Å². The van der Waals surface area contributed by atoms with E-state index in [1.807, 2.05) is 17.1 Å². The second-order valence-corrected chi connectivity index (χ2v) is 6.59. The zero-order valence-electron chi connectivity index (χ0n) is 14.1. The summed E-state index contributed by atoms with van der Waals surface area (Å²) in [5.41, 5.74) is 1.62. The fourth-order valence-electron chi connectivity index (χ4n) is 2.98. The van der Waals surface area contributed by atoms with Crippen LogP contribution in [-0.2, 0) is 17.8 Å². The van der Waals surface area contributed by atoms with Crippen molar-refractivity contribution in [2.45, 2.75) is 58.2 Å². The zero-order chi connectivity index (χ0) is 16.4. The van der Waals surface area contributed by atoms with E-state index in [2.05, 4.69) is 38.6 Å². The second kappa shape index (κ2) is 6.78. The van der Waals surface area contributed by atoms with Crippen LogP contribution in [0.15, 0.2) is 12.4 Å². The first-order valence-electron chi connectivity index (χ1n) is 8.92. The molecule has 3 heterocycles. The van der Waals surface area contributed by atoms with Crippen molar-refractivity contribution < 1.29 is 4.74 Å². The standard InChI is InChI=1S/C18H23N5O/c1-2-22-11-15(9-8-14-6-7-14)19-18(22)17-13-23(21-20-17)12-16-5-3-4-10-24-16/h11,13-14,16H,2-7,10,12H2,1H3. The molecule has 2 aromatic heterocycles. The van der Waals surface area contributed by atoms with E-state index in [0.29, 0.717) is 5.92 Å². The molecule has 6 heteroatoms. The topological polar surface area (TPSA) is 57.8 Å². The lowest BCUT2D eigenvalue weighted by Crippen LogP contribution is -2.24. The number of aromatic nitrogens is 5. The van der Waals surface area contributed by atoms with Crippen LogP contribution in [0.1, 0.15) is 44.7 Å². The molecule has 0 aromatic carbocycles. The summed E-state index contributed by atoms with van der Waals surface area (Å²) in [6, 6.07) is 0. The summed E-state index contributed by atoms with van der Waals surface area (Å²) < 4.78 is 9.73. The molecular formula is C18H23N5O. The van der Waals surface area contributed by atoms with Gasteiger partial charge in [-0.25, -0.2) is 9.67 Å². The van der Waals surface area contributed by atoms with E-state index in [4.69, 9.17) is 4.74 Å². The minimum atomic E-state index is 0.249. The molecule has 6 nitrogen and oxygen atoms in total. The maximum atomic E-state index is 5.78. The first kappa shape index (κ1) is 15.4. The van der Waals surface area contributed by atoms with E-state index in [1.54, 1.807) is 0 Å². The van der Waals surface area contributed by atoms with Crippen LogP contribution in [0.2, 0.25) is 0 Å². The highest BCUT2D eigenvalue weighted by Crippen LogP contribution is 2.27. The van der Waals surface area contributed by atoms with Gasteiger partial charge in [-0.05, 0) is 44.9 Å². The third kappa shape index (κ3) is 3.51. The summed E-state index contributed by atoms with van der Waals surface area (Å²) >= 11 is 0. The molecule has 0 radical (unpaired) electrons. The fraction of sp³-hybridized carbons (Fsp3) is 0.611. The molecule has 0 spiro atoms. The molecule has 1 saturated carbocycles. The van der Waals surface area contributed by atoms with Gasteiger partial charge in [0.2, 0.25) is 0 Å². The van der Waals surface area contributed by atoms with Gasteiger partial charge in [-0.3, -0.25) is 0 Å². The van der Waals surface area contributed by atoms with Gasteiger partial charge in [-0.2, -0.15) is 0 Å². The predicted octanol–water partition coefficient (Wildman–Crippen LogP) is 2.49. The molecule has 2 aliphatic rings. The quantitative estimate of drug-likeness (QED) is 0.811. The molecule has 0 N–H and O–H groups in total. The Kier molecular flexibility index (Phi) is 4.35. The predicted molar refractivity (Wildman–Crippen MR) is 90.1 cm³/mol. The van der Waals surface area contributed by atoms with E-state index < -0.39 is 0 Å². The Balaban J connectivity index is 1.51. The molecule has 2 aromatic rings. The SMILES string of the molecule is CCn1cc(C#CC2CC2)nc1-c1cn(CC2CCCCO2)nn1. The summed E-state index contributed by atoms with van der Waals surface area (Å²) in [7, 11) is 0. The van der Waals surface area contributed by atoms with Crippen LogP contribution in [0.4, 0.5) is 0 Å². The van der Waals surface area contributed by atoms with Gasteiger partial charge in [0.05, 0.1) is 18.8 Å². The Morgan fingerprint density at radius 2 is 2.17 bits per heavy atom. The number of ether oxygens (including phenoxy) is 1. The number of rotatable bonds is 4. The Morgan fingerprint density at radius 1 is 1.25 bits per heavy atom. The molecule has 1 saturated heterocycles. The molecule has 0 bridgehead atoms. The summed E-state index contributed by atoms with van der Waals surface area (Å²) in [6.07, 6.45) is 10.2. The van der Waals surface area contributed by atoms with Gasteiger partial charge in [0.15, 0.2) is 5.82 Å². The number of nitrogens with zero attached hydrogens (tertiary/aromatic N) is 5. The van der Waals surface area contributed by atoms with Crippen molar-refractivity contribution >= 4 is 0 Å². The van der Waals surface area contributed by atoms with Crippen molar-refractivity contribution in [1.82, 2.24) is 24.5 Å². The second-order valence-electron chi connectivity index (χ2n) is 6.59. The van der Waals surface area contributed by atoms with E-state index in [0.717, 1.165) is 49.8 Å². The third-order valence-electron chi connectivity index (χ3n) is 4.53. The molecule has 1 aliphatic heterocycles.